The highest BCUT2D eigenvalue weighted by atomic mass is 35.5. The van der Waals surface area contributed by atoms with Gasteiger partial charge in [-0.3, -0.25) is 4.79 Å². The number of hydrogen-bond acceptors (Lipinski definition) is 4. The molecule has 0 saturated heterocycles. The molecule has 3 rings (SSSR count). The Kier molecular flexibility index (Phi) is 3.40. The van der Waals surface area contributed by atoms with E-state index in [0.717, 1.165) is 31.0 Å². The molecule has 0 bridgehead atoms. The second-order valence-corrected chi connectivity index (χ2v) is 5.18. The Morgan fingerprint density at radius 3 is 3.05 bits per heavy atom. The van der Waals surface area contributed by atoms with Crippen LogP contribution < -0.4 is 5.32 Å². The summed E-state index contributed by atoms with van der Waals surface area (Å²) in [5.41, 5.74) is 0.474. The summed E-state index contributed by atoms with van der Waals surface area (Å²) < 4.78 is 2.07. The number of rotatable bonds is 3. The predicted octanol–water partition coefficient (Wildman–Crippen LogP) is 1.76. The van der Waals surface area contributed by atoms with E-state index in [0.29, 0.717) is 10.7 Å². The lowest BCUT2D eigenvalue weighted by Crippen LogP contribution is -2.28. The Hall–Kier alpha value is -1.95. The first-order valence-electron chi connectivity index (χ1n) is 6.49. The van der Waals surface area contributed by atoms with Gasteiger partial charge in [0.15, 0.2) is 5.82 Å². The van der Waals surface area contributed by atoms with Crippen LogP contribution in [0, 0.1) is 0 Å². The summed E-state index contributed by atoms with van der Waals surface area (Å²) in [6.45, 7) is 2.82. The van der Waals surface area contributed by atoms with Crippen molar-refractivity contribution in [2.45, 2.75) is 32.4 Å². The quantitative estimate of drug-likeness (QED) is 0.875. The van der Waals surface area contributed by atoms with E-state index < -0.39 is 0 Å². The molecule has 1 aliphatic rings. The van der Waals surface area contributed by atoms with Gasteiger partial charge in [0.25, 0.3) is 5.91 Å². The van der Waals surface area contributed by atoms with Gasteiger partial charge in [-0.1, -0.05) is 11.6 Å². The first kappa shape index (κ1) is 13.1. The lowest BCUT2D eigenvalue weighted by molar-refractivity contribution is 0.0937. The van der Waals surface area contributed by atoms with Crippen LogP contribution in [0.5, 0.6) is 0 Å². The predicted molar refractivity (Wildman–Crippen MR) is 73.5 cm³/mol. The minimum absolute atomic E-state index is 0.197. The van der Waals surface area contributed by atoms with Gasteiger partial charge >= 0.3 is 0 Å². The zero-order valence-electron chi connectivity index (χ0n) is 11.0. The van der Waals surface area contributed by atoms with Crippen LogP contribution in [-0.4, -0.2) is 25.7 Å². The molecule has 1 N–H and O–H groups in total. The van der Waals surface area contributed by atoms with Gasteiger partial charge < -0.3 is 9.88 Å². The highest BCUT2D eigenvalue weighted by Crippen LogP contribution is 2.19. The summed E-state index contributed by atoms with van der Waals surface area (Å²) in [6, 6.07) is 3.04. The average molecular weight is 292 g/mol. The van der Waals surface area contributed by atoms with Crippen molar-refractivity contribution in [2.24, 2.45) is 0 Å². The minimum Gasteiger partial charge on any atom is -0.342 e. The number of aromatic nitrogens is 4. The fourth-order valence-electron chi connectivity index (χ4n) is 2.35. The summed E-state index contributed by atoms with van der Waals surface area (Å²) in [7, 11) is 0. The number of nitrogens with one attached hydrogen (secondary N) is 1. The van der Waals surface area contributed by atoms with Crippen LogP contribution in [-0.2, 0) is 13.0 Å². The van der Waals surface area contributed by atoms with Crippen LogP contribution in [0.4, 0.5) is 0 Å². The van der Waals surface area contributed by atoms with Gasteiger partial charge in [0.1, 0.15) is 11.0 Å². The highest BCUT2D eigenvalue weighted by Gasteiger charge is 2.22. The van der Waals surface area contributed by atoms with Crippen molar-refractivity contribution >= 4 is 17.5 Å². The Bertz CT molecular complexity index is 637. The van der Waals surface area contributed by atoms with E-state index in [4.69, 9.17) is 11.6 Å². The van der Waals surface area contributed by atoms with E-state index in [1.54, 1.807) is 12.1 Å². The van der Waals surface area contributed by atoms with E-state index in [1.165, 1.54) is 6.20 Å². The van der Waals surface area contributed by atoms with Crippen LogP contribution >= 0.6 is 11.6 Å². The van der Waals surface area contributed by atoms with Gasteiger partial charge in [0, 0.05) is 19.2 Å². The molecule has 0 aliphatic carbocycles. The Morgan fingerprint density at radius 2 is 2.30 bits per heavy atom. The largest absolute Gasteiger partial charge is 0.342 e. The third kappa shape index (κ3) is 2.38. The van der Waals surface area contributed by atoms with E-state index in [1.807, 2.05) is 6.92 Å². The van der Waals surface area contributed by atoms with Gasteiger partial charge in [0.2, 0.25) is 0 Å². The van der Waals surface area contributed by atoms with Crippen molar-refractivity contribution in [1.82, 2.24) is 25.1 Å². The molecule has 7 heteroatoms. The number of carbonyl (C=O) groups excluding carboxylic acids is 1. The molecule has 1 unspecified atom stereocenters. The zero-order chi connectivity index (χ0) is 14.1. The van der Waals surface area contributed by atoms with E-state index in [-0.39, 0.29) is 11.9 Å². The molecule has 1 atom stereocenters. The summed E-state index contributed by atoms with van der Waals surface area (Å²) in [5, 5.41) is 11.6. The van der Waals surface area contributed by atoms with Crippen LogP contribution in [0.2, 0.25) is 5.15 Å². The minimum atomic E-state index is -0.197. The van der Waals surface area contributed by atoms with Crippen molar-refractivity contribution in [1.29, 1.82) is 0 Å². The van der Waals surface area contributed by atoms with E-state index in [2.05, 4.69) is 25.1 Å². The van der Waals surface area contributed by atoms with Gasteiger partial charge in [0.05, 0.1) is 11.6 Å². The smallest absolute Gasteiger partial charge is 0.253 e. The molecule has 20 heavy (non-hydrogen) atoms. The maximum absolute atomic E-state index is 12.1. The van der Waals surface area contributed by atoms with Crippen LogP contribution in [0.15, 0.2) is 18.3 Å². The molecule has 1 amide bonds. The highest BCUT2D eigenvalue weighted by molar-refractivity contribution is 6.29. The van der Waals surface area contributed by atoms with Crippen LogP contribution in [0.3, 0.4) is 0 Å². The molecule has 0 fully saturated rings. The molecule has 1 aliphatic heterocycles. The number of fused-ring (bicyclic) bond motifs is 1. The summed E-state index contributed by atoms with van der Waals surface area (Å²) in [5.74, 6) is 1.60. The monoisotopic (exact) mass is 291 g/mol. The maximum Gasteiger partial charge on any atom is 0.253 e. The van der Waals surface area contributed by atoms with Crippen molar-refractivity contribution < 1.29 is 4.79 Å². The molecule has 0 saturated carbocycles. The molecule has 0 radical (unpaired) electrons. The average Bonchev–Trinajstić information content (AvgIpc) is 3.01. The molecule has 104 valence electrons. The van der Waals surface area contributed by atoms with Gasteiger partial charge in [-0.25, -0.2) is 4.98 Å². The molecule has 6 nitrogen and oxygen atoms in total. The number of nitrogens with zero attached hydrogens (tertiary/aromatic N) is 4. The lowest BCUT2D eigenvalue weighted by atomic mass is 10.2. The van der Waals surface area contributed by atoms with E-state index in [9.17, 15) is 4.79 Å². The molecular formula is C13H14ClN5O. The fraction of sp³-hybridized carbons (Fsp3) is 0.385. The van der Waals surface area contributed by atoms with Gasteiger partial charge in [-0.15, -0.1) is 10.2 Å². The number of hydrogen-bond donors (Lipinski definition) is 1. The summed E-state index contributed by atoms with van der Waals surface area (Å²) in [4.78, 5) is 16.0. The zero-order valence-corrected chi connectivity index (χ0v) is 11.8. The SMILES string of the molecule is CC(NC(=O)c1ccc(Cl)nc1)c1nnc2n1CCC2. The Balaban J connectivity index is 1.73. The normalized spacial score (nSPS) is 14.9. The van der Waals surface area contributed by atoms with Gasteiger partial charge in [-0.2, -0.15) is 0 Å². The number of pyridine rings is 1. The van der Waals surface area contributed by atoms with E-state index >= 15 is 0 Å². The second kappa shape index (κ2) is 5.20. The first-order valence-corrected chi connectivity index (χ1v) is 6.87. The topological polar surface area (TPSA) is 72.7 Å². The lowest BCUT2D eigenvalue weighted by Gasteiger charge is -2.13. The fourth-order valence-corrected chi connectivity index (χ4v) is 2.46. The first-order chi connectivity index (χ1) is 9.65. The maximum atomic E-state index is 12.1. The second-order valence-electron chi connectivity index (χ2n) is 4.79. The van der Waals surface area contributed by atoms with Gasteiger partial charge in [-0.05, 0) is 25.5 Å². The molecule has 0 spiro atoms. The van der Waals surface area contributed by atoms with Crippen molar-refractivity contribution in [2.75, 3.05) is 0 Å². The number of halogens is 1. The Morgan fingerprint density at radius 1 is 1.45 bits per heavy atom. The summed E-state index contributed by atoms with van der Waals surface area (Å²) >= 11 is 5.70. The molecule has 0 aromatic carbocycles. The number of carbonyl (C=O) groups is 1. The summed E-state index contributed by atoms with van der Waals surface area (Å²) in [6.07, 6.45) is 3.49. The van der Waals surface area contributed by atoms with Crippen molar-refractivity contribution in [3.05, 3.63) is 40.7 Å². The Labute approximate surface area is 121 Å². The van der Waals surface area contributed by atoms with Crippen molar-refractivity contribution in [3.8, 4) is 0 Å². The molecule has 3 heterocycles. The molecule has 2 aromatic heterocycles. The molecule has 2 aromatic rings. The number of amides is 1. The van der Waals surface area contributed by atoms with Crippen LogP contribution in [0.25, 0.3) is 0 Å². The van der Waals surface area contributed by atoms with Crippen molar-refractivity contribution in [3.63, 3.8) is 0 Å². The third-order valence-electron chi connectivity index (χ3n) is 3.36. The van der Waals surface area contributed by atoms with Crippen LogP contribution in [0.1, 0.15) is 41.4 Å². The molecular weight excluding hydrogens is 278 g/mol. The standard InChI is InChI=1S/C13H14ClN5O/c1-8(12-18-17-11-3-2-6-19(11)12)16-13(20)9-4-5-10(14)15-7-9/h4-5,7-8H,2-3,6H2,1H3,(H,16,20). The third-order valence-corrected chi connectivity index (χ3v) is 3.59. The number of aryl methyl sites for hydroxylation is 1.